The summed E-state index contributed by atoms with van der Waals surface area (Å²) in [6.07, 6.45) is 8.45. The Hall–Kier alpha value is -0.0400. The van der Waals surface area contributed by atoms with Gasteiger partial charge >= 0.3 is 0 Å². The molecule has 0 aliphatic heterocycles. The third-order valence-electron chi connectivity index (χ3n) is 3.25. The number of hydrogen-bond acceptors (Lipinski definition) is 1. The van der Waals surface area contributed by atoms with Crippen LogP contribution in [-0.4, -0.2) is 12.7 Å². The van der Waals surface area contributed by atoms with Crippen molar-refractivity contribution in [2.45, 2.75) is 72.3 Å². The fourth-order valence-electron chi connectivity index (χ4n) is 2.65. The molecule has 1 aliphatic carbocycles. The van der Waals surface area contributed by atoms with Gasteiger partial charge in [0.1, 0.15) is 0 Å². The topological polar surface area (TPSA) is 9.23 Å². The lowest BCUT2D eigenvalue weighted by Crippen LogP contribution is -2.24. The standard InChI is InChI=1S/C14H28O/c1-5-10-15-13-8-6-12(7-9-13)11-14(2,3)4/h12-13H,5-11H2,1-4H3. The molecule has 1 saturated carbocycles. The average molecular weight is 212 g/mol. The predicted octanol–water partition coefficient (Wildman–Crippen LogP) is 4.41. The largest absolute Gasteiger partial charge is 0.378 e. The van der Waals surface area contributed by atoms with Crippen LogP contribution in [0.3, 0.4) is 0 Å². The van der Waals surface area contributed by atoms with Crippen LogP contribution in [0.2, 0.25) is 0 Å². The van der Waals surface area contributed by atoms with E-state index in [-0.39, 0.29) is 0 Å². The first-order valence-electron chi connectivity index (χ1n) is 6.63. The smallest absolute Gasteiger partial charge is 0.0575 e. The van der Waals surface area contributed by atoms with Gasteiger partial charge in [0, 0.05) is 6.61 Å². The molecule has 0 amide bonds. The predicted molar refractivity (Wildman–Crippen MR) is 66.1 cm³/mol. The fraction of sp³-hybridized carbons (Fsp3) is 1.00. The summed E-state index contributed by atoms with van der Waals surface area (Å²) < 4.78 is 5.81. The maximum atomic E-state index is 5.81. The molecule has 1 rings (SSSR count). The third-order valence-corrected chi connectivity index (χ3v) is 3.25. The molecule has 0 spiro atoms. The first-order chi connectivity index (χ1) is 7.01. The molecule has 0 heterocycles. The third kappa shape index (κ3) is 5.55. The van der Waals surface area contributed by atoms with E-state index in [0.717, 1.165) is 18.9 Å². The van der Waals surface area contributed by atoms with Crippen molar-refractivity contribution < 1.29 is 4.74 Å². The van der Waals surface area contributed by atoms with Gasteiger partial charge in [-0.25, -0.2) is 0 Å². The highest BCUT2D eigenvalue weighted by atomic mass is 16.5. The van der Waals surface area contributed by atoms with Crippen LogP contribution in [0.25, 0.3) is 0 Å². The molecule has 0 aromatic rings. The molecule has 0 N–H and O–H groups in total. The average Bonchev–Trinajstić information content (AvgIpc) is 2.14. The summed E-state index contributed by atoms with van der Waals surface area (Å²) in [7, 11) is 0. The van der Waals surface area contributed by atoms with Crippen LogP contribution in [0.4, 0.5) is 0 Å². The van der Waals surface area contributed by atoms with Gasteiger partial charge in [0.15, 0.2) is 0 Å². The van der Waals surface area contributed by atoms with Gasteiger partial charge in [-0.3, -0.25) is 0 Å². The number of rotatable bonds is 4. The maximum Gasteiger partial charge on any atom is 0.0575 e. The molecule has 1 aliphatic rings. The van der Waals surface area contributed by atoms with E-state index in [0.29, 0.717) is 11.5 Å². The summed E-state index contributed by atoms with van der Waals surface area (Å²) >= 11 is 0. The van der Waals surface area contributed by atoms with Crippen LogP contribution in [0.1, 0.15) is 66.2 Å². The zero-order valence-electron chi connectivity index (χ0n) is 11.0. The highest BCUT2D eigenvalue weighted by Crippen LogP contribution is 2.34. The summed E-state index contributed by atoms with van der Waals surface area (Å²) in [5, 5.41) is 0. The van der Waals surface area contributed by atoms with Crippen molar-refractivity contribution in [2.75, 3.05) is 6.61 Å². The van der Waals surface area contributed by atoms with E-state index < -0.39 is 0 Å². The van der Waals surface area contributed by atoms with Crippen LogP contribution in [0, 0.1) is 11.3 Å². The number of hydrogen-bond donors (Lipinski definition) is 0. The second-order valence-corrected chi connectivity index (χ2v) is 6.28. The second kappa shape index (κ2) is 5.89. The maximum absolute atomic E-state index is 5.81. The van der Waals surface area contributed by atoms with E-state index >= 15 is 0 Å². The number of ether oxygens (including phenoxy) is 1. The van der Waals surface area contributed by atoms with Crippen LogP contribution < -0.4 is 0 Å². The molecule has 0 aromatic carbocycles. The lowest BCUT2D eigenvalue weighted by Gasteiger charge is -2.32. The molecule has 0 aromatic heterocycles. The molecule has 1 fully saturated rings. The van der Waals surface area contributed by atoms with Gasteiger partial charge in [-0.1, -0.05) is 27.7 Å². The lowest BCUT2D eigenvalue weighted by atomic mass is 9.77. The minimum Gasteiger partial charge on any atom is -0.378 e. The van der Waals surface area contributed by atoms with E-state index in [1.54, 1.807) is 0 Å². The lowest BCUT2D eigenvalue weighted by molar-refractivity contribution is 0.0141. The monoisotopic (exact) mass is 212 g/mol. The Morgan fingerprint density at radius 1 is 1.07 bits per heavy atom. The Morgan fingerprint density at radius 2 is 1.67 bits per heavy atom. The summed E-state index contributed by atoms with van der Waals surface area (Å²) in [5.74, 6) is 0.950. The molecule has 0 bridgehead atoms. The van der Waals surface area contributed by atoms with Crippen LogP contribution in [-0.2, 0) is 4.74 Å². The quantitative estimate of drug-likeness (QED) is 0.671. The Labute approximate surface area is 95.6 Å². The Bertz CT molecular complexity index is 161. The molecule has 1 nitrogen and oxygen atoms in total. The van der Waals surface area contributed by atoms with Gasteiger partial charge in [-0.15, -0.1) is 0 Å². The molecular formula is C14H28O. The summed E-state index contributed by atoms with van der Waals surface area (Å²) in [6.45, 7) is 10.2. The Morgan fingerprint density at radius 3 is 2.13 bits per heavy atom. The molecule has 0 unspecified atom stereocenters. The SMILES string of the molecule is CCCOC1CCC(CC(C)(C)C)CC1. The highest BCUT2D eigenvalue weighted by Gasteiger charge is 2.25. The minimum absolute atomic E-state index is 0.502. The van der Waals surface area contributed by atoms with Crippen molar-refractivity contribution >= 4 is 0 Å². The first-order valence-corrected chi connectivity index (χ1v) is 6.63. The van der Waals surface area contributed by atoms with Gasteiger partial charge < -0.3 is 4.74 Å². The molecule has 1 heteroatoms. The van der Waals surface area contributed by atoms with E-state index in [2.05, 4.69) is 27.7 Å². The normalized spacial score (nSPS) is 28.0. The van der Waals surface area contributed by atoms with E-state index in [4.69, 9.17) is 4.74 Å². The van der Waals surface area contributed by atoms with Crippen molar-refractivity contribution in [1.29, 1.82) is 0 Å². The zero-order chi connectivity index (χ0) is 11.3. The van der Waals surface area contributed by atoms with Crippen LogP contribution >= 0.6 is 0 Å². The minimum atomic E-state index is 0.502. The van der Waals surface area contributed by atoms with Crippen LogP contribution in [0.5, 0.6) is 0 Å². The van der Waals surface area contributed by atoms with Gasteiger partial charge in [0.05, 0.1) is 6.10 Å². The summed E-state index contributed by atoms with van der Waals surface area (Å²) in [4.78, 5) is 0. The molecule has 0 radical (unpaired) electrons. The van der Waals surface area contributed by atoms with Gasteiger partial charge in [-0.05, 0) is 49.9 Å². The van der Waals surface area contributed by atoms with Crippen molar-refractivity contribution in [3.63, 3.8) is 0 Å². The van der Waals surface area contributed by atoms with Crippen molar-refractivity contribution in [1.82, 2.24) is 0 Å². The van der Waals surface area contributed by atoms with Gasteiger partial charge in [-0.2, -0.15) is 0 Å². The Balaban J connectivity index is 2.18. The molecular weight excluding hydrogens is 184 g/mol. The molecule has 15 heavy (non-hydrogen) atoms. The van der Waals surface area contributed by atoms with Gasteiger partial charge in [0.2, 0.25) is 0 Å². The van der Waals surface area contributed by atoms with Gasteiger partial charge in [0.25, 0.3) is 0 Å². The van der Waals surface area contributed by atoms with Crippen LogP contribution in [0.15, 0.2) is 0 Å². The second-order valence-electron chi connectivity index (χ2n) is 6.28. The highest BCUT2D eigenvalue weighted by molar-refractivity contribution is 4.76. The molecule has 90 valence electrons. The molecule has 0 saturated heterocycles. The van der Waals surface area contributed by atoms with E-state index in [1.807, 2.05) is 0 Å². The first kappa shape index (κ1) is 13.0. The van der Waals surface area contributed by atoms with Crippen molar-refractivity contribution in [3.05, 3.63) is 0 Å². The van der Waals surface area contributed by atoms with Crippen molar-refractivity contribution in [2.24, 2.45) is 11.3 Å². The van der Waals surface area contributed by atoms with E-state index in [9.17, 15) is 0 Å². The summed E-state index contributed by atoms with van der Waals surface area (Å²) in [6, 6.07) is 0. The molecule has 0 atom stereocenters. The zero-order valence-corrected chi connectivity index (χ0v) is 11.0. The van der Waals surface area contributed by atoms with Crippen molar-refractivity contribution in [3.8, 4) is 0 Å². The Kier molecular flexibility index (Phi) is 5.11. The van der Waals surface area contributed by atoms with E-state index in [1.165, 1.54) is 32.1 Å². The fourth-order valence-corrected chi connectivity index (χ4v) is 2.65. The summed E-state index contributed by atoms with van der Waals surface area (Å²) in [5.41, 5.74) is 0.502.